The van der Waals surface area contributed by atoms with Crippen molar-refractivity contribution in [2.45, 2.75) is 58.2 Å². The van der Waals surface area contributed by atoms with Crippen LogP contribution in [0.2, 0.25) is 0 Å². The Morgan fingerprint density at radius 3 is 2.47 bits per heavy atom. The number of carbonyl (C=O) groups is 1. The Morgan fingerprint density at radius 1 is 1.37 bits per heavy atom. The highest BCUT2D eigenvalue weighted by Crippen LogP contribution is 2.07. The number of hydrogen-bond donors (Lipinski definition) is 4. The molecule has 1 amide bonds. The molecule has 5 N–H and O–H groups in total. The number of amides is 1. The number of carbonyl (C=O) groups excluding carboxylic acids is 1. The van der Waals surface area contributed by atoms with Crippen molar-refractivity contribution < 1.29 is 14.6 Å². The molecular weight excluding hydrogens is 246 g/mol. The smallest absolute Gasteiger partial charge is 0.407 e. The third kappa shape index (κ3) is 9.69. The molecule has 6 heteroatoms. The van der Waals surface area contributed by atoms with Crippen molar-refractivity contribution in [3.05, 3.63) is 0 Å². The van der Waals surface area contributed by atoms with Crippen molar-refractivity contribution in [1.82, 2.24) is 10.6 Å². The van der Waals surface area contributed by atoms with E-state index in [1.165, 1.54) is 0 Å². The highest BCUT2D eigenvalue weighted by molar-refractivity contribution is 5.68. The minimum absolute atomic E-state index is 0.00814. The number of ether oxygens (including phenoxy) is 1. The average molecular weight is 275 g/mol. The number of aliphatic hydroxyl groups is 1. The van der Waals surface area contributed by atoms with Gasteiger partial charge in [0.1, 0.15) is 5.60 Å². The number of rotatable bonds is 8. The van der Waals surface area contributed by atoms with Gasteiger partial charge in [0.15, 0.2) is 0 Å². The van der Waals surface area contributed by atoms with Crippen LogP contribution in [0.4, 0.5) is 4.79 Å². The molecule has 0 aliphatic carbocycles. The predicted molar refractivity (Wildman–Crippen MR) is 76.0 cm³/mol. The summed E-state index contributed by atoms with van der Waals surface area (Å²) in [7, 11) is 0. The van der Waals surface area contributed by atoms with Crippen LogP contribution in [0.25, 0.3) is 0 Å². The van der Waals surface area contributed by atoms with E-state index in [9.17, 15) is 4.79 Å². The summed E-state index contributed by atoms with van der Waals surface area (Å²) in [5.74, 6) is 0. The number of nitrogens with two attached hydrogens (primary N) is 1. The Labute approximate surface area is 116 Å². The van der Waals surface area contributed by atoms with Crippen LogP contribution in [0.15, 0.2) is 0 Å². The lowest BCUT2D eigenvalue weighted by atomic mass is 10.1. The fraction of sp³-hybridized carbons (Fsp3) is 0.923. The highest BCUT2D eigenvalue weighted by atomic mass is 16.6. The van der Waals surface area contributed by atoms with Gasteiger partial charge < -0.3 is 26.2 Å². The van der Waals surface area contributed by atoms with Gasteiger partial charge in [0.25, 0.3) is 0 Å². The molecule has 0 spiro atoms. The van der Waals surface area contributed by atoms with Crippen LogP contribution in [0.3, 0.4) is 0 Å². The van der Waals surface area contributed by atoms with Crippen molar-refractivity contribution in [2.75, 3.05) is 19.7 Å². The van der Waals surface area contributed by atoms with Crippen molar-refractivity contribution in [2.24, 2.45) is 5.73 Å². The minimum atomic E-state index is -0.503. The molecule has 0 heterocycles. The zero-order valence-electron chi connectivity index (χ0n) is 12.5. The van der Waals surface area contributed by atoms with Crippen molar-refractivity contribution in [1.29, 1.82) is 0 Å². The monoisotopic (exact) mass is 275 g/mol. The molecule has 6 nitrogen and oxygen atoms in total. The first kappa shape index (κ1) is 18.1. The normalized spacial score (nSPS) is 14.8. The molecule has 0 rings (SSSR count). The molecule has 0 bridgehead atoms. The Morgan fingerprint density at radius 2 is 2.00 bits per heavy atom. The number of nitrogens with one attached hydrogen (secondary N) is 2. The Bertz CT molecular complexity index is 254. The summed E-state index contributed by atoms with van der Waals surface area (Å²) in [6.45, 7) is 8.75. The van der Waals surface area contributed by atoms with Gasteiger partial charge in [-0.25, -0.2) is 4.79 Å². The summed E-state index contributed by atoms with van der Waals surface area (Å²) in [5, 5.41) is 14.7. The quantitative estimate of drug-likeness (QED) is 0.486. The van der Waals surface area contributed by atoms with Crippen LogP contribution in [0.5, 0.6) is 0 Å². The lowest BCUT2D eigenvalue weighted by Gasteiger charge is -2.27. The fourth-order valence-corrected chi connectivity index (χ4v) is 1.58. The van der Waals surface area contributed by atoms with Crippen LogP contribution in [-0.2, 0) is 4.74 Å². The van der Waals surface area contributed by atoms with E-state index in [4.69, 9.17) is 15.6 Å². The molecule has 0 saturated heterocycles. The number of hydrogen-bond acceptors (Lipinski definition) is 5. The molecule has 2 atom stereocenters. The van der Waals surface area contributed by atoms with Gasteiger partial charge in [-0.3, -0.25) is 0 Å². The average Bonchev–Trinajstić information content (AvgIpc) is 2.26. The summed E-state index contributed by atoms with van der Waals surface area (Å²) in [5.41, 5.74) is 5.18. The second kappa shape index (κ2) is 9.12. The van der Waals surface area contributed by atoms with Gasteiger partial charge in [0.05, 0.1) is 0 Å². The molecule has 2 unspecified atom stereocenters. The van der Waals surface area contributed by atoms with Crippen molar-refractivity contribution >= 4 is 6.09 Å². The van der Waals surface area contributed by atoms with Gasteiger partial charge >= 0.3 is 6.09 Å². The number of alkyl carbamates (subject to hydrolysis) is 1. The van der Waals surface area contributed by atoms with E-state index in [0.717, 1.165) is 19.4 Å². The third-order valence-electron chi connectivity index (χ3n) is 2.59. The van der Waals surface area contributed by atoms with Gasteiger partial charge in [-0.15, -0.1) is 0 Å². The summed E-state index contributed by atoms with van der Waals surface area (Å²) < 4.78 is 5.19. The minimum Gasteiger partial charge on any atom is -0.444 e. The van der Waals surface area contributed by atoms with Crippen LogP contribution in [0, 0.1) is 0 Å². The summed E-state index contributed by atoms with van der Waals surface area (Å²) in [6.07, 6.45) is 1.21. The van der Waals surface area contributed by atoms with E-state index < -0.39 is 11.7 Å². The Balaban J connectivity index is 4.06. The standard InChI is InChI=1S/C13H29N3O3/c1-10(16-12(18)19-13(2,3)4)11(9-14)15-7-5-6-8-17/h10-11,15,17H,5-9,14H2,1-4H3,(H,16,18). The second-order valence-corrected chi connectivity index (χ2v) is 5.66. The maximum atomic E-state index is 11.6. The zero-order chi connectivity index (χ0) is 14.9. The second-order valence-electron chi connectivity index (χ2n) is 5.66. The topological polar surface area (TPSA) is 96.6 Å². The van der Waals surface area contributed by atoms with E-state index in [-0.39, 0.29) is 18.7 Å². The molecule has 0 aromatic rings. The zero-order valence-corrected chi connectivity index (χ0v) is 12.5. The molecular formula is C13H29N3O3. The summed E-state index contributed by atoms with van der Waals surface area (Å²) >= 11 is 0. The van der Waals surface area contributed by atoms with Gasteiger partial charge in [-0.1, -0.05) is 0 Å². The molecule has 0 aromatic carbocycles. The van der Waals surface area contributed by atoms with E-state index in [1.54, 1.807) is 0 Å². The van der Waals surface area contributed by atoms with E-state index in [2.05, 4.69) is 10.6 Å². The molecule has 0 aliphatic heterocycles. The molecule has 19 heavy (non-hydrogen) atoms. The van der Waals surface area contributed by atoms with E-state index in [0.29, 0.717) is 6.54 Å². The molecule has 0 fully saturated rings. The first-order chi connectivity index (χ1) is 8.80. The summed E-state index contributed by atoms with van der Waals surface area (Å²) in [6, 6.07) is -0.125. The molecule has 0 saturated carbocycles. The maximum Gasteiger partial charge on any atom is 0.407 e. The van der Waals surface area contributed by atoms with Gasteiger partial charge in [0.2, 0.25) is 0 Å². The van der Waals surface area contributed by atoms with Crippen LogP contribution in [-0.4, -0.2) is 48.6 Å². The lowest BCUT2D eigenvalue weighted by Crippen LogP contribution is -2.53. The molecule has 0 aromatic heterocycles. The van der Waals surface area contributed by atoms with E-state index in [1.807, 2.05) is 27.7 Å². The number of aliphatic hydroxyl groups excluding tert-OH is 1. The number of unbranched alkanes of at least 4 members (excludes halogenated alkanes) is 1. The Kier molecular flexibility index (Phi) is 8.71. The molecule has 114 valence electrons. The van der Waals surface area contributed by atoms with E-state index >= 15 is 0 Å². The third-order valence-corrected chi connectivity index (χ3v) is 2.59. The molecule has 0 radical (unpaired) electrons. The first-order valence-corrected chi connectivity index (χ1v) is 6.84. The first-order valence-electron chi connectivity index (χ1n) is 6.84. The maximum absolute atomic E-state index is 11.6. The van der Waals surface area contributed by atoms with Crippen LogP contribution in [0.1, 0.15) is 40.5 Å². The summed E-state index contributed by atoms with van der Waals surface area (Å²) in [4.78, 5) is 11.6. The van der Waals surface area contributed by atoms with Gasteiger partial charge in [-0.2, -0.15) is 0 Å². The fourth-order valence-electron chi connectivity index (χ4n) is 1.58. The SMILES string of the molecule is CC(NC(=O)OC(C)(C)C)C(CN)NCCCCO. The lowest BCUT2D eigenvalue weighted by molar-refractivity contribution is 0.0498. The van der Waals surface area contributed by atoms with Gasteiger partial charge in [-0.05, 0) is 47.1 Å². The molecule has 0 aliphatic rings. The Hall–Kier alpha value is -0.850. The van der Waals surface area contributed by atoms with Gasteiger partial charge in [0, 0.05) is 25.2 Å². The largest absolute Gasteiger partial charge is 0.444 e. The van der Waals surface area contributed by atoms with Crippen LogP contribution >= 0.6 is 0 Å². The predicted octanol–water partition coefficient (Wildman–Crippen LogP) is 0.589. The highest BCUT2D eigenvalue weighted by Gasteiger charge is 2.21. The van der Waals surface area contributed by atoms with Crippen molar-refractivity contribution in [3.63, 3.8) is 0 Å². The van der Waals surface area contributed by atoms with Crippen LogP contribution < -0.4 is 16.4 Å². The van der Waals surface area contributed by atoms with Crippen molar-refractivity contribution in [3.8, 4) is 0 Å².